The summed E-state index contributed by atoms with van der Waals surface area (Å²) in [5, 5.41) is 12.7. The summed E-state index contributed by atoms with van der Waals surface area (Å²) in [6.07, 6.45) is 1.04. The minimum absolute atomic E-state index is 0.0301. The van der Waals surface area contributed by atoms with Gasteiger partial charge in [-0.15, -0.1) is 0 Å². The van der Waals surface area contributed by atoms with E-state index in [1.165, 1.54) is 5.56 Å². The van der Waals surface area contributed by atoms with Crippen LogP contribution >= 0.6 is 0 Å². The quantitative estimate of drug-likeness (QED) is 0.850. The van der Waals surface area contributed by atoms with Crippen LogP contribution in [-0.4, -0.2) is 5.54 Å². The number of hydrogen-bond acceptors (Lipinski definition) is 2. The zero-order valence-electron chi connectivity index (χ0n) is 12.4. The second-order valence-corrected chi connectivity index (χ2v) is 6.91. The van der Waals surface area contributed by atoms with Gasteiger partial charge in [0.05, 0.1) is 11.3 Å². The van der Waals surface area contributed by atoms with Crippen LogP contribution in [0.1, 0.15) is 52.2 Å². The number of nitriles is 1. The second kappa shape index (κ2) is 5.02. The zero-order valence-corrected chi connectivity index (χ0v) is 12.4. The number of nitrogens with one attached hydrogen (secondary N) is 1. The predicted octanol–water partition coefficient (Wildman–Crippen LogP) is 4.49. The molecule has 0 aromatic heterocycles. The lowest BCUT2D eigenvalue weighted by molar-refractivity contribution is 0.302. The Kier molecular flexibility index (Phi) is 4.06. The lowest BCUT2D eigenvalue weighted by Gasteiger charge is -2.34. The van der Waals surface area contributed by atoms with E-state index in [0.717, 1.165) is 12.1 Å². The molecule has 0 spiro atoms. The summed E-state index contributed by atoms with van der Waals surface area (Å²) in [6.45, 7) is 13.1. The zero-order chi connectivity index (χ0) is 14.0. The van der Waals surface area contributed by atoms with E-state index < -0.39 is 0 Å². The van der Waals surface area contributed by atoms with Gasteiger partial charge in [-0.1, -0.05) is 26.8 Å². The standard InChI is InChI=1S/C16H24N2/c1-12-7-8-13(10-17)14(9-12)18-16(5,6)11-15(2,3)4/h7-9,18H,11H2,1-6H3. The largest absolute Gasteiger partial charge is 0.379 e. The van der Waals surface area contributed by atoms with E-state index in [2.05, 4.69) is 46.0 Å². The highest BCUT2D eigenvalue weighted by Gasteiger charge is 2.25. The third-order valence-corrected chi connectivity index (χ3v) is 2.74. The Bertz CT molecular complexity index is 459. The van der Waals surface area contributed by atoms with Crippen molar-refractivity contribution in [3.63, 3.8) is 0 Å². The Morgan fingerprint density at radius 2 is 1.78 bits per heavy atom. The predicted molar refractivity (Wildman–Crippen MR) is 77.7 cm³/mol. The van der Waals surface area contributed by atoms with Crippen molar-refractivity contribution >= 4 is 5.69 Å². The fourth-order valence-corrected chi connectivity index (χ4v) is 2.59. The fourth-order valence-electron chi connectivity index (χ4n) is 2.59. The van der Waals surface area contributed by atoms with Crippen LogP contribution in [0, 0.1) is 23.7 Å². The fraction of sp³-hybridized carbons (Fsp3) is 0.562. The third-order valence-electron chi connectivity index (χ3n) is 2.74. The molecule has 2 nitrogen and oxygen atoms in total. The van der Waals surface area contributed by atoms with Crippen LogP contribution in [0.4, 0.5) is 5.69 Å². The molecule has 1 N–H and O–H groups in total. The van der Waals surface area contributed by atoms with Crippen molar-refractivity contribution in [1.29, 1.82) is 5.26 Å². The van der Waals surface area contributed by atoms with Crippen LogP contribution in [0.3, 0.4) is 0 Å². The smallest absolute Gasteiger partial charge is 0.101 e. The minimum Gasteiger partial charge on any atom is -0.379 e. The van der Waals surface area contributed by atoms with Gasteiger partial charge in [0.25, 0.3) is 0 Å². The van der Waals surface area contributed by atoms with E-state index in [1.54, 1.807) is 0 Å². The van der Waals surface area contributed by atoms with Gasteiger partial charge in [-0.25, -0.2) is 0 Å². The van der Waals surface area contributed by atoms with Gasteiger partial charge in [0.1, 0.15) is 6.07 Å². The third kappa shape index (κ3) is 4.41. The summed E-state index contributed by atoms with van der Waals surface area (Å²) in [7, 11) is 0. The molecule has 0 amide bonds. The molecule has 0 fully saturated rings. The van der Waals surface area contributed by atoms with E-state index in [1.807, 2.05) is 25.1 Å². The first-order valence-corrected chi connectivity index (χ1v) is 6.42. The normalized spacial score (nSPS) is 12.1. The molecule has 98 valence electrons. The first kappa shape index (κ1) is 14.6. The number of benzene rings is 1. The molecule has 0 aliphatic heterocycles. The summed E-state index contributed by atoms with van der Waals surface area (Å²) in [6, 6.07) is 8.14. The van der Waals surface area contributed by atoms with E-state index in [4.69, 9.17) is 5.26 Å². The van der Waals surface area contributed by atoms with Gasteiger partial charge < -0.3 is 5.32 Å². The van der Waals surface area contributed by atoms with Gasteiger partial charge in [0, 0.05) is 5.54 Å². The first-order chi connectivity index (χ1) is 8.13. The Hall–Kier alpha value is -1.49. The van der Waals surface area contributed by atoms with Crippen molar-refractivity contribution in [2.75, 3.05) is 5.32 Å². The highest BCUT2D eigenvalue weighted by Crippen LogP contribution is 2.30. The van der Waals surface area contributed by atoms with Crippen LogP contribution in [-0.2, 0) is 0 Å². The number of rotatable bonds is 3. The maximum Gasteiger partial charge on any atom is 0.101 e. The molecule has 0 heterocycles. The van der Waals surface area contributed by atoms with Crippen molar-refractivity contribution < 1.29 is 0 Å². The second-order valence-electron chi connectivity index (χ2n) is 6.91. The van der Waals surface area contributed by atoms with Gasteiger partial charge in [0.2, 0.25) is 0 Å². The molecule has 1 aromatic carbocycles. The average molecular weight is 244 g/mol. The van der Waals surface area contributed by atoms with Gasteiger partial charge in [-0.05, 0) is 50.3 Å². The van der Waals surface area contributed by atoms with Crippen molar-refractivity contribution in [2.45, 2.75) is 53.5 Å². The van der Waals surface area contributed by atoms with Crippen molar-refractivity contribution in [1.82, 2.24) is 0 Å². The summed E-state index contributed by atoms with van der Waals surface area (Å²) in [4.78, 5) is 0. The monoisotopic (exact) mass is 244 g/mol. The van der Waals surface area contributed by atoms with E-state index in [9.17, 15) is 0 Å². The van der Waals surface area contributed by atoms with Crippen LogP contribution < -0.4 is 5.32 Å². The van der Waals surface area contributed by atoms with E-state index >= 15 is 0 Å². The molecule has 0 unspecified atom stereocenters. The van der Waals surface area contributed by atoms with Gasteiger partial charge >= 0.3 is 0 Å². The van der Waals surface area contributed by atoms with Crippen molar-refractivity contribution in [3.05, 3.63) is 29.3 Å². The van der Waals surface area contributed by atoms with Crippen LogP contribution in [0.15, 0.2) is 18.2 Å². The Morgan fingerprint density at radius 3 is 2.28 bits per heavy atom. The molecule has 0 atom stereocenters. The summed E-state index contributed by atoms with van der Waals surface area (Å²) in [5.41, 5.74) is 3.04. The maximum absolute atomic E-state index is 9.15. The van der Waals surface area contributed by atoms with Gasteiger partial charge in [-0.2, -0.15) is 5.26 Å². The molecule has 18 heavy (non-hydrogen) atoms. The highest BCUT2D eigenvalue weighted by molar-refractivity contribution is 5.59. The summed E-state index contributed by atoms with van der Waals surface area (Å²) >= 11 is 0. The molecule has 1 aromatic rings. The summed E-state index contributed by atoms with van der Waals surface area (Å²) in [5.74, 6) is 0. The van der Waals surface area contributed by atoms with Gasteiger partial charge in [0.15, 0.2) is 0 Å². The molecule has 0 saturated heterocycles. The van der Waals surface area contributed by atoms with Crippen molar-refractivity contribution in [2.24, 2.45) is 5.41 Å². The molecule has 0 radical (unpaired) electrons. The van der Waals surface area contributed by atoms with Crippen LogP contribution in [0.2, 0.25) is 0 Å². The van der Waals surface area contributed by atoms with Crippen molar-refractivity contribution in [3.8, 4) is 6.07 Å². The lowest BCUT2D eigenvalue weighted by atomic mass is 9.81. The SMILES string of the molecule is Cc1ccc(C#N)c(NC(C)(C)CC(C)(C)C)c1. The molecule has 0 aliphatic carbocycles. The maximum atomic E-state index is 9.15. The topological polar surface area (TPSA) is 35.8 Å². The molecular formula is C16H24N2. The lowest BCUT2D eigenvalue weighted by Crippen LogP contribution is -2.35. The minimum atomic E-state index is -0.0301. The molecule has 1 rings (SSSR count). The number of hydrogen-bond donors (Lipinski definition) is 1. The molecule has 2 heteroatoms. The van der Waals surface area contributed by atoms with Crippen LogP contribution in [0.5, 0.6) is 0 Å². The first-order valence-electron chi connectivity index (χ1n) is 6.42. The average Bonchev–Trinajstić information content (AvgIpc) is 2.13. The molecule has 0 aliphatic rings. The number of aryl methyl sites for hydroxylation is 1. The molecule has 0 bridgehead atoms. The number of nitrogens with zero attached hydrogens (tertiary/aromatic N) is 1. The number of anilines is 1. The Labute approximate surface area is 111 Å². The summed E-state index contributed by atoms with van der Waals surface area (Å²) < 4.78 is 0. The van der Waals surface area contributed by atoms with Gasteiger partial charge in [-0.3, -0.25) is 0 Å². The molecule has 0 saturated carbocycles. The van der Waals surface area contributed by atoms with Crippen LogP contribution in [0.25, 0.3) is 0 Å². The highest BCUT2D eigenvalue weighted by atomic mass is 15.0. The Morgan fingerprint density at radius 1 is 1.17 bits per heavy atom. The van der Waals surface area contributed by atoms with E-state index in [0.29, 0.717) is 5.56 Å². The van der Waals surface area contributed by atoms with E-state index in [-0.39, 0.29) is 11.0 Å². The molecular weight excluding hydrogens is 220 g/mol. The Balaban J connectivity index is 2.97.